The summed E-state index contributed by atoms with van der Waals surface area (Å²) in [5.74, 6) is 0.520. The average Bonchev–Trinajstić information content (AvgIpc) is 2.81. The van der Waals surface area contributed by atoms with E-state index in [4.69, 9.17) is 5.73 Å². The van der Waals surface area contributed by atoms with E-state index in [0.29, 0.717) is 5.82 Å². The molecule has 0 amide bonds. The lowest BCUT2D eigenvalue weighted by atomic mass is 10.3. The largest absolute Gasteiger partial charge is 0.382 e. The van der Waals surface area contributed by atoms with E-state index in [-0.39, 0.29) is 6.04 Å². The lowest BCUT2D eigenvalue weighted by Crippen LogP contribution is -2.08. The first-order valence-electron chi connectivity index (χ1n) is 5.62. The minimum absolute atomic E-state index is 0.145. The molecule has 0 radical (unpaired) electrons. The molecular formula is C12H16N4S. The fourth-order valence-corrected chi connectivity index (χ4v) is 2.38. The number of nitrogens with one attached hydrogen (secondary N) is 1. The second-order valence-electron chi connectivity index (χ2n) is 3.82. The van der Waals surface area contributed by atoms with Crippen molar-refractivity contribution in [3.8, 4) is 0 Å². The third kappa shape index (κ3) is 2.74. The highest BCUT2D eigenvalue weighted by Crippen LogP contribution is 2.25. The van der Waals surface area contributed by atoms with Crippen LogP contribution in [0.15, 0.2) is 24.5 Å². The van der Waals surface area contributed by atoms with Gasteiger partial charge in [-0.15, -0.1) is 11.3 Å². The van der Waals surface area contributed by atoms with Crippen LogP contribution in [-0.4, -0.2) is 9.97 Å². The smallest absolute Gasteiger partial charge is 0.146 e. The van der Waals surface area contributed by atoms with Crippen molar-refractivity contribution in [1.82, 2.24) is 9.97 Å². The molecule has 0 fully saturated rings. The Morgan fingerprint density at radius 2 is 2.29 bits per heavy atom. The van der Waals surface area contributed by atoms with Crippen LogP contribution in [-0.2, 0) is 6.42 Å². The van der Waals surface area contributed by atoms with Crippen molar-refractivity contribution in [2.24, 2.45) is 0 Å². The zero-order valence-corrected chi connectivity index (χ0v) is 10.8. The van der Waals surface area contributed by atoms with Crippen LogP contribution in [0.4, 0.5) is 11.5 Å². The molecule has 0 aliphatic heterocycles. The second-order valence-corrected chi connectivity index (χ2v) is 4.97. The molecule has 2 aromatic heterocycles. The van der Waals surface area contributed by atoms with Gasteiger partial charge in [0.25, 0.3) is 0 Å². The van der Waals surface area contributed by atoms with Crippen molar-refractivity contribution in [2.45, 2.75) is 26.3 Å². The molecule has 0 saturated carbocycles. The Hall–Kier alpha value is -1.62. The average molecular weight is 248 g/mol. The zero-order valence-electron chi connectivity index (χ0n) is 9.97. The van der Waals surface area contributed by atoms with E-state index >= 15 is 0 Å². The number of anilines is 2. The monoisotopic (exact) mass is 248 g/mol. The number of nitrogen functional groups attached to an aromatic ring is 1. The lowest BCUT2D eigenvalue weighted by molar-refractivity contribution is 0.869. The first-order chi connectivity index (χ1) is 8.20. The zero-order chi connectivity index (χ0) is 12.3. The lowest BCUT2D eigenvalue weighted by Gasteiger charge is -2.13. The van der Waals surface area contributed by atoms with Gasteiger partial charge in [0.1, 0.15) is 10.8 Å². The fraction of sp³-hybridized carbons (Fsp3) is 0.333. The topological polar surface area (TPSA) is 63.8 Å². The number of hydrogen-bond donors (Lipinski definition) is 2. The number of hydrogen-bond acceptors (Lipinski definition) is 5. The summed E-state index contributed by atoms with van der Waals surface area (Å²) in [6.07, 6.45) is 4.65. The van der Waals surface area contributed by atoms with Crippen LogP contribution >= 0.6 is 11.3 Å². The van der Waals surface area contributed by atoms with Crippen LogP contribution in [0.2, 0.25) is 0 Å². The first kappa shape index (κ1) is 11.9. The van der Waals surface area contributed by atoms with Crippen LogP contribution in [0.1, 0.15) is 29.8 Å². The molecule has 0 aromatic carbocycles. The maximum Gasteiger partial charge on any atom is 0.146 e. The van der Waals surface area contributed by atoms with Crippen molar-refractivity contribution < 1.29 is 0 Å². The Morgan fingerprint density at radius 3 is 2.94 bits per heavy atom. The van der Waals surface area contributed by atoms with Gasteiger partial charge in [-0.2, -0.15) is 0 Å². The van der Waals surface area contributed by atoms with Gasteiger partial charge in [0.05, 0.1) is 11.7 Å². The third-order valence-corrected chi connectivity index (χ3v) is 3.83. The van der Waals surface area contributed by atoms with Gasteiger partial charge in [-0.05, 0) is 25.5 Å². The van der Waals surface area contributed by atoms with Gasteiger partial charge >= 0.3 is 0 Å². The van der Waals surface area contributed by atoms with E-state index in [9.17, 15) is 0 Å². The Balaban J connectivity index is 2.11. The Bertz CT molecular complexity index is 495. The molecule has 0 bridgehead atoms. The molecule has 2 rings (SSSR count). The quantitative estimate of drug-likeness (QED) is 0.873. The van der Waals surface area contributed by atoms with Crippen molar-refractivity contribution in [1.29, 1.82) is 0 Å². The second kappa shape index (κ2) is 5.14. The summed E-state index contributed by atoms with van der Waals surface area (Å²) in [6, 6.07) is 3.93. The van der Waals surface area contributed by atoms with Crippen LogP contribution in [0.25, 0.3) is 0 Å². The molecule has 5 heteroatoms. The molecular weight excluding hydrogens is 232 g/mol. The van der Waals surface area contributed by atoms with Crippen LogP contribution in [0.3, 0.4) is 0 Å². The predicted molar refractivity (Wildman–Crippen MR) is 72.2 cm³/mol. The highest BCUT2D eigenvalue weighted by atomic mass is 32.1. The van der Waals surface area contributed by atoms with Crippen LogP contribution < -0.4 is 11.1 Å². The van der Waals surface area contributed by atoms with Gasteiger partial charge in [0.15, 0.2) is 0 Å². The maximum absolute atomic E-state index is 5.79. The molecule has 4 nitrogen and oxygen atoms in total. The molecule has 2 aromatic rings. The normalized spacial score (nSPS) is 12.4. The van der Waals surface area contributed by atoms with Crippen molar-refractivity contribution in [2.75, 3.05) is 11.1 Å². The SMILES string of the molecule is CCc1cnc(C(C)Nc2cccnc2N)s1. The van der Waals surface area contributed by atoms with E-state index in [2.05, 4.69) is 29.1 Å². The summed E-state index contributed by atoms with van der Waals surface area (Å²) in [6.45, 7) is 4.21. The van der Waals surface area contributed by atoms with Gasteiger partial charge in [-0.25, -0.2) is 9.97 Å². The molecule has 2 heterocycles. The molecule has 1 atom stereocenters. The summed E-state index contributed by atoms with van der Waals surface area (Å²) in [5, 5.41) is 4.40. The number of pyridine rings is 1. The van der Waals surface area contributed by atoms with Gasteiger partial charge < -0.3 is 11.1 Å². The molecule has 0 spiro atoms. The summed E-state index contributed by atoms with van der Waals surface area (Å²) in [7, 11) is 0. The number of aryl methyl sites for hydroxylation is 1. The highest BCUT2D eigenvalue weighted by molar-refractivity contribution is 7.11. The molecule has 0 saturated heterocycles. The highest BCUT2D eigenvalue weighted by Gasteiger charge is 2.11. The summed E-state index contributed by atoms with van der Waals surface area (Å²) >= 11 is 1.73. The molecule has 3 N–H and O–H groups in total. The molecule has 1 unspecified atom stereocenters. The number of nitrogens with zero attached hydrogens (tertiary/aromatic N) is 2. The Labute approximate surface area is 105 Å². The van der Waals surface area contributed by atoms with Crippen LogP contribution in [0, 0.1) is 0 Å². The number of thiazole rings is 1. The molecule has 17 heavy (non-hydrogen) atoms. The molecule has 0 aliphatic rings. The van der Waals surface area contributed by atoms with E-state index in [0.717, 1.165) is 17.1 Å². The van der Waals surface area contributed by atoms with Gasteiger partial charge in [0.2, 0.25) is 0 Å². The van der Waals surface area contributed by atoms with E-state index in [1.807, 2.05) is 18.3 Å². The van der Waals surface area contributed by atoms with Crippen molar-refractivity contribution >= 4 is 22.8 Å². The number of rotatable bonds is 4. The maximum atomic E-state index is 5.79. The van der Waals surface area contributed by atoms with Crippen molar-refractivity contribution in [3.63, 3.8) is 0 Å². The Kier molecular flexibility index (Phi) is 3.58. The summed E-state index contributed by atoms with van der Waals surface area (Å²) in [4.78, 5) is 9.75. The minimum atomic E-state index is 0.145. The van der Waals surface area contributed by atoms with Gasteiger partial charge in [0, 0.05) is 17.3 Å². The first-order valence-corrected chi connectivity index (χ1v) is 6.44. The predicted octanol–water partition coefficient (Wildman–Crippen LogP) is 2.86. The van der Waals surface area contributed by atoms with Gasteiger partial charge in [-0.1, -0.05) is 6.92 Å². The van der Waals surface area contributed by atoms with E-state index < -0.39 is 0 Å². The molecule has 0 aliphatic carbocycles. The van der Waals surface area contributed by atoms with E-state index in [1.54, 1.807) is 17.5 Å². The number of aromatic nitrogens is 2. The summed E-state index contributed by atoms with van der Waals surface area (Å²) < 4.78 is 0. The third-order valence-electron chi connectivity index (χ3n) is 2.50. The summed E-state index contributed by atoms with van der Waals surface area (Å²) in [5.41, 5.74) is 6.64. The standard InChI is InChI=1S/C12H16N4S/c1-3-9-7-15-12(17-9)8(2)16-10-5-4-6-14-11(10)13/h4-8,16H,3H2,1-2H3,(H2,13,14). The minimum Gasteiger partial charge on any atom is -0.382 e. The van der Waals surface area contributed by atoms with Crippen LogP contribution in [0.5, 0.6) is 0 Å². The fourth-order valence-electron chi connectivity index (χ4n) is 1.52. The van der Waals surface area contributed by atoms with Crippen molar-refractivity contribution in [3.05, 3.63) is 34.4 Å². The Morgan fingerprint density at radius 1 is 1.47 bits per heavy atom. The van der Waals surface area contributed by atoms with Gasteiger partial charge in [-0.3, -0.25) is 0 Å². The molecule has 90 valence electrons. The van der Waals surface area contributed by atoms with E-state index in [1.165, 1.54) is 4.88 Å². The number of nitrogens with two attached hydrogens (primary N) is 1.